The van der Waals surface area contributed by atoms with E-state index < -0.39 is 0 Å². The normalized spacial score (nSPS) is 15.2. The lowest BCUT2D eigenvalue weighted by molar-refractivity contribution is 0.126. The van der Waals surface area contributed by atoms with Crippen LogP contribution < -0.4 is 9.47 Å². The van der Waals surface area contributed by atoms with E-state index in [0.717, 1.165) is 80.6 Å². The zero-order valence-corrected chi connectivity index (χ0v) is 18.4. The molecule has 0 aliphatic carbocycles. The highest BCUT2D eigenvalue weighted by molar-refractivity contribution is 5.68. The summed E-state index contributed by atoms with van der Waals surface area (Å²) in [6, 6.07) is 18.5. The quantitative estimate of drug-likeness (QED) is 0.518. The number of benzene rings is 2. The van der Waals surface area contributed by atoms with Gasteiger partial charge >= 0.3 is 0 Å². The van der Waals surface area contributed by atoms with E-state index in [-0.39, 0.29) is 0 Å². The van der Waals surface area contributed by atoms with Crippen molar-refractivity contribution < 1.29 is 14.0 Å². The van der Waals surface area contributed by atoms with Crippen LogP contribution in [0, 0.1) is 0 Å². The Labute approximate surface area is 184 Å². The van der Waals surface area contributed by atoms with E-state index >= 15 is 0 Å². The maximum atomic E-state index is 5.58. The van der Waals surface area contributed by atoms with Gasteiger partial charge in [-0.25, -0.2) is 0 Å². The minimum Gasteiger partial charge on any atom is -0.497 e. The second-order valence-electron chi connectivity index (χ2n) is 7.95. The summed E-state index contributed by atoms with van der Waals surface area (Å²) in [5.74, 6) is 2.40. The Morgan fingerprint density at radius 2 is 1.68 bits per heavy atom. The van der Waals surface area contributed by atoms with Crippen molar-refractivity contribution in [2.45, 2.75) is 19.4 Å². The molecule has 6 nitrogen and oxygen atoms in total. The number of rotatable bonds is 9. The van der Waals surface area contributed by atoms with Crippen LogP contribution in [0.3, 0.4) is 0 Å². The Bertz CT molecular complexity index is 950. The van der Waals surface area contributed by atoms with Crippen molar-refractivity contribution >= 4 is 0 Å². The summed E-state index contributed by atoms with van der Waals surface area (Å²) in [5.41, 5.74) is 3.10. The largest absolute Gasteiger partial charge is 0.497 e. The Kier molecular flexibility index (Phi) is 7.22. The zero-order valence-electron chi connectivity index (χ0n) is 18.4. The van der Waals surface area contributed by atoms with Crippen LogP contribution >= 0.6 is 0 Å². The van der Waals surface area contributed by atoms with Gasteiger partial charge in [-0.3, -0.25) is 4.90 Å². The third-order valence-corrected chi connectivity index (χ3v) is 5.86. The highest BCUT2D eigenvalue weighted by Crippen LogP contribution is 2.33. The summed E-state index contributed by atoms with van der Waals surface area (Å²) in [7, 11) is 3.30. The second kappa shape index (κ2) is 10.5. The SMILES string of the molecule is COc1ccc(-c2cc(CCCN3CCN(Cc4ccccc4)CC3)on2)c(OC)c1. The molecule has 0 unspecified atom stereocenters. The molecule has 164 valence electrons. The van der Waals surface area contributed by atoms with Gasteiger partial charge in [0.25, 0.3) is 0 Å². The molecule has 1 aliphatic heterocycles. The van der Waals surface area contributed by atoms with E-state index in [9.17, 15) is 0 Å². The molecule has 0 N–H and O–H groups in total. The van der Waals surface area contributed by atoms with E-state index in [2.05, 4.69) is 45.3 Å². The van der Waals surface area contributed by atoms with Crippen molar-refractivity contribution in [3.63, 3.8) is 0 Å². The molecule has 1 fully saturated rings. The number of nitrogens with zero attached hydrogens (tertiary/aromatic N) is 3. The number of methoxy groups -OCH3 is 2. The average molecular weight is 422 g/mol. The first-order valence-corrected chi connectivity index (χ1v) is 10.9. The van der Waals surface area contributed by atoms with Gasteiger partial charge < -0.3 is 18.9 Å². The summed E-state index contributed by atoms with van der Waals surface area (Å²) in [5, 5.41) is 4.25. The minimum absolute atomic E-state index is 0.729. The smallest absolute Gasteiger partial charge is 0.137 e. The van der Waals surface area contributed by atoms with E-state index in [1.807, 2.05) is 24.3 Å². The minimum atomic E-state index is 0.729. The van der Waals surface area contributed by atoms with Crippen LogP contribution in [-0.4, -0.2) is 61.9 Å². The Balaban J connectivity index is 1.23. The molecule has 4 rings (SSSR count). The first kappa shape index (κ1) is 21.4. The predicted molar refractivity (Wildman–Crippen MR) is 122 cm³/mol. The average Bonchev–Trinajstić information content (AvgIpc) is 3.29. The Hall–Kier alpha value is -2.83. The summed E-state index contributed by atoms with van der Waals surface area (Å²) in [6.45, 7) is 6.62. The van der Waals surface area contributed by atoms with Gasteiger partial charge in [0.15, 0.2) is 0 Å². The zero-order chi connectivity index (χ0) is 21.5. The fourth-order valence-corrected chi connectivity index (χ4v) is 4.06. The molecule has 3 aromatic rings. The van der Waals surface area contributed by atoms with Gasteiger partial charge in [0, 0.05) is 56.8 Å². The molecular weight excluding hydrogens is 390 g/mol. The number of hydrogen-bond donors (Lipinski definition) is 0. The van der Waals surface area contributed by atoms with Crippen molar-refractivity contribution in [1.29, 1.82) is 0 Å². The van der Waals surface area contributed by atoms with Crippen LogP contribution in [0.5, 0.6) is 11.5 Å². The maximum absolute atomic E-state index is 5.58. The third-order valence-electron chi connectivity index (χ3n) is 5.86. The topological polar surface area (TPSA) is 51.0 Å². The molecule has 1 aromatic heterocycles. The first-order chi connectivity index (χ1) is 15.2. The summed E-state index contributed by atoms with van der Waals surface area (Å²) >= 11 is 0. The van der Waals surface area contributed by atoms with E-state index in [0.29, 0.717) is 0 Å². The monoisotopic (exact) mass is 421 g/mol. The van der Waals surface area contributed by atoms with E-state index in [1.54, 1.807) is 14.2 Å². The van der Waals surface area contributed by atoms with Gasteiger partial charge in [0.05, 0.1) is 14.2 Å². The predicted octanol–water partition coefficient (Wildman–Crippen LogP) is 4.11. The number of hydrogen-bond acceptors (Lipinski definition) is 6. The van der Waals surface area contributed by atoms with Crippen LogP contribution in [0.4, 0.5) is 0 Å². The molecule has 1 aliphatic rings. The van der Waals surface area contributed by atoms with E-state index in [1.165, 1.54) is 5.56 Å². The van der Waals surface area contributed by atoms with Crippen molar-refractivity contribution in [2.75, 3.05) is 46.9 Å². The number of piperazine rings is 1. The molecule has 0 bridgehead atoms. The number of ether oxygens (including phenoxy) is 2. The van der Waals surface area contributed by atoms with Gasteiger partial charge in [-0.15, -0.1) is 0 Å². The summed E-state index contributed by atoms with van der Waals surface area (Å²) in [6.07, 6.45) is 1.95. The van der Waals surface area contributed by atoms with E-state index in [4.69, 9.17) is 14.0 Å². The third kappa shape index (κ3) is 5.66. The highest BCUT2D eigenvalue weighted by atomic mass is 16.5. The van der Waals surface area contributed by atoms with Crippen LogP contribution in [0.2, 0.25) is 0 Å². The first-order valence-electron chi connectivity index (χ1n) is 10.9. The highest BCUT2D eigenvalue weighted by Gasteiger charge is 2.17. The molecule has 0 spiro atoms. The van der Waals surface area contributed by atoms with Crippen molar-refractivity contribution in [1.82, 2.24) is 15.0 Å². The van der Waals surface area contributed by atoms with Gasteiger partial charge in [0.1, 0.15) is 23.0 Å². The Morgan fingerprint density at radius 1 is 0.903 bits per heavy atom. The number of aromatic nitrogens is 1. The van der Waals surface area contributed by atoms with Crippen LogP contribution in [0.15, 0.2) is 59.1 Å². The fraction of sp³-hybridized carbons (Fsp3) is 0.400. The van der Waals surface area contributed by atoms with Gasteiger partial charge in [-0.1, -0.05) is 35.5 Å². The molecule has 6 heteroatoms. The summed E-state index contributed by atoms with van der Waals surface area (Å²) < 4.78 is 16.3. The van der Waals surface area contributed by atoms with Crippen LogP contribution in [0.25, 0.3) is 11.3 Å². The van der Waals surface area contributed by atoms with Gasteiger partial charge in [-0.2, -0.15) is 0 Å². The molecule has 0 amide bonds. The number of aryl methyl sites for hydroxylation is 1. The lowest BCUT2D eigenvalue weighted by Gasteiger charge is -2.34. The maximum Gasteiger partial charge on any atom is 0.137 e. The van der Waals surface area contributed by atoms with Gasteiger partial charge in [0.2, 0.25) is 0 Å². The second-order valence-corrected chi connectivity index (χ2v) is 7.95. The molecule has 31 heavy (non-hydrogen) atoms. The molecule has 2 aromatic carbocycles. The molecule has 2 heterocycles. The van der Waals surface area contributed by atoms with Crippen molar-refractivity contribution in [2.24, 2.45) is 0 Å². The van der Waals surface area contributed by atoms with Crippen LogP contribution in [0.1, 0.15) is 17.7 Å². The van der Waals surface area contributed by atoms with Gasteiger partial charge in [-0.05, 0) is 30.7 Å². The van der Waals surface area contributed by atoms with Crippen molar-refractivity contribution in [3.8, 4) is 22.8 Å². The standard InChI is InChI=1S/C25H31N3O3/c1-29-21-10-11-23(25(18-21)30-2)24-17-22(31-26-24)9-6-12-27-13-15-28(16-14-27)19-20-7-4-3-5-8-20/h3-5,7-8,10-11,17-18H,6,9,12-16,19H2,1-2H3. The molecular formula is C25H31N3O3. The summed E-state index contributed by atoms with van der Waals surface area (Å²) in [4.78, 5) is 5.09. The van der Waals surface area contributed by atoms with Crippen molar-refractivity contribution in [3.05, 3.63) is 65.9 Å². The molecule has 0 atom stereocenters. The molecule has 0 radical (unpaired) electrons. The molecule has 0 saturated carbocycles. The molecule has 1 saturated heterocycles. The van der Waals surface area contributed by atoms with Crippen LogP contribution in [-0.2, 0) is 13.0 Å². The fourth-order valence-electron chi connectivity index (χ4n) is 4.06. The lowest BCUT2D eigenvalue weighted by atomic mass is 10.1. The Morgan fingerprint density at radius 3 is 2.42 bits per heavy atom. The lowest BCUT2D eigenvalue weighted by Crippen LogP contribution is -2.46.